The summed E-state index contributed by atoms with van der Waals surface area (Å²) in [5.41, 5.74) is 4.01. The van der Waals surface area contributed by atoms with E-state index >= 15 is 0 Å². The molecule has 0 spiro atoms. The van der Waals surface area contributed by atoms with E-state index in [0.717, 1.165) is 28.1 Å². The fraction of sp³-hybridized carbons (Fsp3) is 0.300. The number of aromatic nitrogens is 1. The van der Waals surface area contributed by atoms with E-state index in [-0.39, 0.29) is 12.2 Å². The van der Waals surface area contributed by atoms with Crippen molar-refractivity contribution in [2.24, 2.45) is 0 Å². The van der Waals surface area contributed by atoms with Gasteiger partial charge in [-0.05, 0) is 43.2 Å². The number of hydrogen-bond acceptors (Lipinski definition) is 4. The predicted octanol–water partition coefficient (Wildman–Crippen LogP) is 3.10. The molecule has 0 radical (unpaired) electrons. The molecule has 0 bridgehead atoms. The highest BCUT2D eigenvalue weighted by atomic mass is 19.1. The summed E-state index contributed by atoms with van der Waals surface area (Å²) in [5, 5.41) is 28.3. The van der Waals surface area contributed by atoms with Crippen LogP contribution in [0.4, 0.5) is 4.39 Å². The van der Waals surface area contributed by atoms with Crippen molar-refractivity contribution < 1.29 is 24.5 Å². The topological polar surface area (TPSA) is 90.7 Å². The smallest absolute Gasteiger partial charge is 0.305 e. The maximum atomic E-state index is 13.2. The number of benzene rings is 1. The van der Waals surface area contributed by atoms with Crippen LogP contribution < -0.4 is 0 Å². The van der Waals surface area contributed by atoms with E-state index in [1.807, 2.05) is 19.9 Å². The zero-order valence-corrected chi connectivity index (χ0v) is 14.7. The van der Waals surface area contributed by atoms with Crippen LogP contribution in [0, 0.1) is 19.7 Å². The minimum absolute atomic E-state index is 0.0764. The molecular weight excluding hydrogens is 337 g/mol. The average molecular weight is 359 g/mol. The monoisotopic (exact) mass is 359 g/mol. The molecule has 0 saturated heterocycles. The van der Waals surface area contributed by atoms with Crippen molar-refractivity contribution in [3.8, 4) is 11.1 Å². The summed E-state index contributed by atoms with van der Waals surface area (Å²) in [7, 11) is 0. The van der Waals surface area contributed by atoms with Crippen LogP contribution in [-0.2, 0) is 4.79 Å². The van der Waals surface area contributed by atoms with Crippen LogP contribution in [0.1, 0.15) is 29.8 Å². The van der Waals surface area contributed by atoms with Crippen LogP contribution in [0.5, 0.6) is 0 Å². The lowest BCUT2D eigenvalue weighted by Gasteiger charge is -2.13. The van der Waals surface area contributed by atoms with Gasteiger partial charge in [0.2, 0.25) is 0 Å². The van der Waals surface area contributed by atoms with Gasteiger partial charge in [-0.25, -0.2) is 4.39 Å². The molecule has 0 saturated carbocycles. The van der Waals surface area contributed by atoms with Crippen molar-refractivity contribution in [1.29, 1.82) is 0 Å². The highest BCUT2D eigenvalue weighted by Crippen LogP contribution is 2.28. The molecule has 1 unspecified atom stereocenters. The van der Waals surface area contributed by atoms with E-state index in [0.29, 0.717) is 0 Å². The van der Waals surface area contributed by atoms with Gasteiger partial charge in [0.05, 0.1) is 18.6 Å². The van der Waals surface area contributed by atoms with Crippen LogP contribution in [-0.4, -0.2) is 38.5 Å². The first-order chi connectivity index (χ1) is 12.3. The Labute approximate surface area is 151 Å². The first-order valence-electron chi connectivity index (χ1n) is 8.26. The number of aliphatic hydroxyl groups excluding tert-OH is 2. The van der Waals surface area contributed by atoms with E-state index in [1.165, 1.54) is 18.2 Å². The van der Waals surface area contributed by atoms with Crippen molar-refractivity contribution in [2.75, 3.05) is 0 Å². The first-order valence-corrected chi connectivity index (χ1v) is 8.26. The Morgan fingerprint density at radius 3 is 2.50 bits per heavy atom. The molecule has 5 nitrogen and oxygen atoms in total. The minimum Gasteiger partial charge on any atom is -0.481 e. The summed E-state index contributed by atoms with van der Waals surface area (Å²) in [6.45, 7) is 3.70. The van der Waals surface area contributed by atoms with Gasteiger partial charge in [-0.15, -0.1) is 0 Å². The molecule has 1 heterocycles. The van der Waals surface area contributed by atoms with E-state index < -0.39 is 24.6 Å². The van der Waals surface area contributed by atoms with Crippen molar-refractivity contribution in [3.63, 3.8) is 0 Å². The van der Waals surface area contributed by atoms with Gasteiger partial charge >= 0.3 is 5.97 Å². The fourth-order valence-corrected chi connectivity index (χ4v) is 2.77. The Kier molecular flexibility index (Phi) is 6.60. The third-order valence-corrected chi connectivity index (χ3v) is 3.94. The summed E-state index contributed by atoms with van der Waals surface area (Å²) in [6.07, 6.45) is 0.576. The van der Waals surface area contributed by atoms with Crippen LogP contribution in [0.2, 0.25) is 0 Å². The number of nitrogens with zero attached hydrogens (tertiary/aromatic N) is 1. The van der Waals surface area contributed by atoms with Gasteiger partial charge < -0.3 is 15.3 Å². The van der Waals surface area contributed by atoms with Gasteiger partial charge in [0.15, 0.2) is 0 Å². The SMILES string of the molecule is Cc1cc(-c2ccc(F)cc2)c(/C=C/C(O)C[C@@H](O)CC(=O)O)c(C)n1. The third kappa shape index (κ3) is 5.47. The van der Waals surface area contributed by atoms with Gasteiger partial charge in [0.1, 0.15) is 5.82 Å². The molecule has 26 heavy (non-hydrogen) atoms. The van der Waals surface area contributed by atoms with Gasteiger partial charge in [0, 0.05) is 23.4 Å². The molecule has 0 amide bonds. The number of rotatable bonds is 7. The summed E-state index contributed by atoms with van der Waals surface area (Å²) >= 11 is 0. The lowest BCUT2D eigenvalue weighted by Crippen LogP contribution is -2.19. The number of aliphatic hydroxyl groups is 2. The molecule has 138 valence electrons. The van der Waals surface area contributed by atoms with Crippen LogP contribution >= 0.6 is 0 Å². The largest absolute Gasteiger partial charge is 0.481 e. The molecule has 2 rings (SSSR count). The second-order valence-electron chi connectivity index (χ2n) is 6.23. The highest BCUT2D eigenvalue weighted by molar-refractivity contribution is 5.76. The van der Waals surface area contributed by atoms with E-state index in [4.69, 9.17) is 5.11 Å². The number of aryl methyl sites for hydroxylation is 2. The fourth-order valence-electron chi connectivity index (χ4n) is 2.77. The average Bonchev–Trinajstić information content (AvgIpc) is 2.53. The maximum absolute atomic E-state index is 13.2. The molecule has 2 aromatic rings. The molecule has 1 aromatic heterocycles. The maximum Gasteiger partial charge on any atom is 0.305 e. The van der Waals surface area contributed by atoms with Crippen molar-refractivity contribution in [2.45, 2.75) is 38.9 Å². The van der Waals surface area contributed by atoms with Gasteiger partial charge in [-0.2, -0.15) is 0 Å². The van der Waals surface area contributed by atoms with E-state index in [2.05, 4.69) is 4.98 Å². The molecule has 3 N–H and O–H groups in total. The summed E-state index contributed by atoms with van der Waals surface area (Å²) in [5.74, 6) is -1.44. The normalized spacial score (nSPS) is 13.7. The lowest BCUT2D eigenvalue weighted by molar-refractivity contribution is -0.139. The molecule has 0 aliphatic heterocycles. The van der Waals surface area contributed by atoms with Crippen LogP contribution in [0.3, 0.4) is 0 Å². The van der Waals surface area contributed by atoms with Crippen LogP contribution in [0.25, 0.3) is 17.2 Å². The molecule has 1 aromatic carbocycles. The summed E-state index contributed by atoms with van der Waals surface area (Å²) in [6, 6.07) is 7.99. The number of carboxylic acid groups (broad SMARTS) is 1. The zero-order chi connectivity index (χ0) is 19.3. The lowest BCUT2D eigenvalue weighted by atomic mass is 9.97. The quantitative estimate of drug-likeness (QED) is 0.707. The Bertz CT molecular complexity index is 802. The van der Waals surface area contributed by atoms with E-state index in [9.17, 15) is 19.4 Å². The number of carbonyl (C=O) groups is 1. The molecule has 0 fully saturated rings. The van der Waals surface area contributed by atoms with Gasteiger partial charge in [-0.1, -0.05) is 24.3 Å². The van der Waals surface area contributed by atoms with Crippen molar-refractivity contribution >= 4 is 12.0 Å². The molecule has 2 atom stereocenters. The zero-order valence-electron chi connectivity index (χ0n) is 14.7. The minimum atomic E-state index is -1.12. The van der Waals surface area contributed by atoms with Gasteiger partial charge in [0.25, 0.3) is 0 Å². The Hall–Kier alpha value is -2.57. The van der Waals surface area contributed by atoms with Crippen molar-refractivity contribution in [3.05, 3.63) is 59.2 Å². The first kappa shape index (κ1) is 19.8. The third-order valence-electron chi connectivity index (χ3n) is 3.94. The summed E-state index contributed by atoms with van der Waals surface area (Å²) in [4.78, 5) is 15.0. The number of aliphatic carboxylic acids is 1. The Balaban J connectivity index is 2.28. The molecule has 6 heteroatoms. The Morgan fingerprint density at radius 2 is 1.88 bits per heavy atom. The Morgan fingerprint density at radius 1 is 1.23 bits per heavy atom. The molecule has 0 aliphatic carbocycles. The van der Waals surface area contributed by atoms with Gasteiger partial charge in [-0.3, -0.25) is 9.78 Å². The standard InChI is InChI=1S/C20H22FNO4/c1-12-9-19(14-3-5-15(21)6-4-14)18(13(2)22-12)8-7-16(23)10-17(24)11-20(25)26/h3-9,16-17,23-24H,10-11H2,1-2H3,(H,25,26)/b8-7+/t16?,17-/m1/s1. The number of carboxylic acids is 1. The second kappa shape index (κ2) is 8.69. The van der Waals surface area contributed by atoms with E-state index in [1.54, 1.807) is 18.2 Å². The number of pyridine rings is 1. The van der Waals surface area contributed by atoms with Crippen LogP contribution in [0.15, 0.2) is 36.4 Å². The summed E-state index contributed by atoms with van der Waals surface area (Å²) < 4.78 is 13.2. The molecular formula is C20H22FNO4. The molecule has 0 aliphatic rings. The van der Waals surface area contributed by atoms with Crippen molar-refractivity contribution in [1.82, 2.24) is 4.98 Å². The second-order valence-corrected chi connectivity index (χ2v) is 6.23. The number of halogens is 1. The number of hydrogen-bond donors (Lipinski definition) is 3. The predicted molar refractivity (Wildman–Crippen MR) is 97.0 cm³/mol. The highest BCUT2D eigenvalue weighted by Gasteiger charge is 2.14.